The van der Waals surface area contributed by atoms with Crippen molar-refractivity contribution in [2.24, 2.45) is 5.92 Å². The van der Waals surface area contributed by atoms with E-state index in [1.807, 2.05) is 12.1 Å². The SMILES string of the molecule is O=C(Nc1nc2ccc(CN3CCOCC3)cc2s1)C1CC(=O)N(c2ccc3c(c2)OCO3)C1. The minimum Gasteiger partial charge on any atom is -0.454 e. The second-order valence-electron chi connectivity index (χ2n) is 8.64. The Morgan fingerprint density at radius 2 is 1.97 bits per heavy atom. The number of nitrogens with one attached hydrogen (secondary N) is 1. The molecule has 6 rings (SSSR count). The number of benzene rings is 2. The molecule has 0 bridgehead atoms. The molecule has 1 N–H and O–H groups in total. The molecule has 1 atom stereocenters. The number of amides is 2. The van der Waals surface area contributed by atoms with Crippen LogP contribution < -0.4 is 19.7 Å². The van der Waals surface area contributed by atoms with Gasteiger partial charge in [0.1, 0.15) is 0 Å². The number of ether oxygens (including phenoxy) is 3. The van der Waals surface area contributed by atoms with Crippen LogP contribution in [0.4, 0.5) is 10.8 Å². The number of anilines is 2. The number of hydrogen-bond donors (Lipinski definition) is 1. The molecule has 0 spiro atoms. The van der Waals surface area contributed by atoms with E-state index < -0.39 is 5.92 Å². The maximum absolute atomic E-state index is 12.9. The van der Waals surface area contributed by atoms with E-state index >= 15 is 0 Å². The maximum atomic E-state index is 12.9. The summed E-state index contributed by atoms with van der Waals surface area (Å²) >= 11 is 1.46. The summed E-state index contributed by atoms with van der Waals surface area (Å²) in [5.74, 6) is 0.552. The molecular weight excluding hydrogens is 456 g/mol. The van der Waals surface area contributed by atoms with Crippen LogP contribution in [-0.4, -0.2) is 61.3 Å². The zero-order valence-corrected chi connectivity index (χ0v) is 19.3. The van der Waals surface area contributed by atoms with Crippen molar-refractivity contribution in [3.8, 4) is 11.5 Å². The topological polar surface area (TPSA) is 93.2 Å². The zero-order valence-electron chi connectivity index (χ0n) is 18.5. The fraction of sp³-hybridized carbons (Fsp3) is 0.375. The fourth-order valence-electron chi connectivity index (χ4n) is 4.53. The van der Waals surface area contributed by atoms with Gasteiger partial charge in [0.05, 0.1) is 29.3 Å². The third-order valence-corrected chi connectivity index (χ3v) is 7.29. The van der Waals surface area contributed by atoms with Crippen LogP contribution in [-0.2, 0) is 20.9 Å². The van der Waals surface area contributed by atoms with Crippen LogP contribution >= 0.6 is 11.3 Å². The lowest BCUT2D eigenvalue weighted by Crippen LogP contribution is -2.35. The van der Waals surface area contributed by atoms with Crippen LogP contribution in [0.1, 0.15) is 12.0 Å². The number of fused-ring (bicyclic) bond motifs is 2. The third-order valence-electron chi connectivity index (χ3n) is 6.36. The van der Waals surface area contributed by atoms with E-state index in [9.17, 15) is 9.59 Å². The molecule has 3 aliphatic rings. The second kappa shape index (κ2) is 8.86. The summed E-state index contributed by atoms with van der Waals surface area (Å²) < 4.78 is 17.2. The highest BCUT2D eigenvalue weighted by atomic mass is 32.1. The van der Waals surface area contributed by atoms with Crippen molar-refractivity contribution < 1.29 is 23.8 Å². The zero-order chi connectivity index (χ0) is 23.1. The van der Waals surface area contributed by atoms with Gasteiger partial charge in [-0.05, 0) is 29.8 Å². The van der Waals surface area contributed by atoms with Crippen LogP contribution in [0.25, 0.3) is 10.2 Å². The van der Waals surface area contributed by atoms with Gasteiger partial charge in [0, 0.05) is 44.4 Å². The molecule has 1 unspecified atom stereocenters. The minimum absolute atomic E-state index is 0.0870. The summed E-state index contributed by atoms with van der Waals surface area (Å²) in [6.07, 6.45) is 0.162. The fourth-order valence-corrected chi connectivity index (χ4v) is 5.46. The van der Waals surface area contributed by atoms with E-state index in [1.54, 1.807) is 17.0 Å². The molecule has 1 aromatic heterocycles. The molecule has 4 heterocycles. The highest BCUT2D eigenvalue weighted by Gasteiger charge is 2.36. The molecule has 0 saturated carbocycles. The predicted molar refractivity (Wildman–Crippen MR) is 127 cm³/mol. The van der Waals surface area contributed by atoms with Crippen molar-refractivity contribution in [2.75, 3.05) is 49.9 Å². The number of nitrogens with zero attached hydrogens (tertiary/aromatic N) is 3. The van der Waals surface area contributed by atoms with Crippen LogP contribution in [0, 0.1) is 5.92 Å². The normalized spacial score (nSPS) is 20.3. The Morgan fingerprint density at radius 3 is 2.85 bits per heavy atom. The van der Waals surface area contributed by atoms with Crippen LogP contribution in [0.3, 0.4) is 0 Å². The summed E-state index contributed by atoms with van der Waals surface area (Å²) in [5.41, 5.74) is 2.78. The van der Waals surface area contributed by atoms with Crippen molar-refractivity contribution in [1.29, 1.82) is 0 Å². The Labute approximate surface area is 200 Å². The lowest BCUT2D eigenvalue weighted by Gasteiger charge is -2.26. The molecule has 0 radical (unpaired) electrons. The number of hydrogen-bond acceptors (Lipinski definition) is 8. The number of thiazole rings is 1. The van der Waals surface area contributed by atoms with Gasteiger partial charge in [0.25, 0.3) is 0 Å². The summed E-state index contributed by atoms with van der Waals surface area (Å²) in [5, 5.41) is 3.48. The summed E-state index contributed by atoms with van der Waals surface area (Å²) in [7, 11) is 0. The van der Waals surface area contributed by atoms with Gasteiger partial charge in [-0.15, -0.1) is 0 Å². The average molecular weight is 481 g/mol. The molecule has 3 aromatic rings. The van der Waals surface area contributed by atoms with Crippen molar-refractivity contribution in [1.82, 2.24) is 9.88 Å². The molecular formula is C24H24N4O5S. The van der Waals surface area contributed by atoms with E-state index in [-0.39, 0.29) is 25.0 Å². The molecule has 2 aromatic carbocycles. The first-order valence-electron chi connectivity index (χ1n) is 11.3. The summed E-state index contributed by atoms with van der Waals surface area (Å²) in [4.78, 5) is 34.1. The Hall–Kier alpha value is -3.21. The lowest BCUT2D eigenvalue weighted by molar-refractivity contribution is -0.122. The van der Waals surface area contributed by atoms with Crippen molar-refractivity contribution >= 4 is 44.2 Å². The van der Waals surface area contributed by atoms with Gasteiger partial charge in [-0.25, -0.2) is 4.98 Å². The van der Waals surface area contributed by atoms with Gasteiger partial charge in [-0.1, -0.05) is 17.4 Å². The molecule has 2 amide bonds. The van der Waals surface area contributed by atoms with Crippen LogP contribution in [0.2, 0.25) is 0 Å². The molecule has 9 nitrogen and oxygen atoms in total. The predicted octanol–water partition coefficient (Wildman–Crippen LogP) is 2.85. The molecule has 10 heteroatoms. The molecule has 3 aliphatic heterocycles. The number of aromatic nitrogens is 1. The highest BCUT2D eigenvalue weighted by molar-refractivity contribution is 7.22. The lowest BCUT2D eigenvalue weighted by atomic mass is 10.1. The quantitative estimate of drug-likeness (QED) is 0.600. The first kappa shape index (κ1) is 21.3. The van der Waals surface area contributed by atoms with Gasteiger partial charge in [0.2, 0.25) is 18.6 Å². The minimum atomic E-state index is -0.443. The Kier molecular flexibility index (Phi) is 5.56. The third kappa shape index (κ3) is 4.20. The van der Waals surface area contributed by atoms with Crippen LogP contribution in [0.15, 0.2) is 36.4 Å². The number of rotatable bonds is 5. The molecule has 2 fully saturated rings. The molecule has 2 saturated heterocycles. The first-order valence-corrected chi connectivity index (χ1v) is 12.1. The maximum Gasteiger partial charge on any atom is 0.231 e. The van der Waals surface area contributed by atoms with E-state index in [0.717, 1.165) is 43.1 Å². The largest absolute Gasteiger partial charge is 0.454 e. The van der Waals surface area contributed by atoms with Gasteiger partial charge >= 0.3 is 0 Å². The number of morpholine rings is 1. The van der Waals surface area contributed by atoms with E-state index in [0.29, 0.717) is 28.9 Å². The monoisotopic (exact) mass is 480 g/mol. The molecule has 176 valence electrons. The summed E-state index contributed by atoms with van der Waals surface area (Å²) in [6.45, 7) is 4.78. The van der Waals surface area contributed by atoms with Gasteiger partial charge in [-0.3, -0.25) is 14.5 Å². The van der Waals surface area contributed by atoms with Crippen molar-refractivity contribution in [3.63, 3.8) is 0 Å². The van der Waals surface area contributed by atoms with Crippen molar-refractivity contribution in [3.05, 3.63) is 42.0 Å². The van der Waals surface area contributed by atoms with Gasteiger partial charge < -0.3 is 24.4 Å². The Morgan fingerprint density at radius 1 is 1.12 bits per heavy atom. The Bertz CT molecular complexity index is 1260. The summed E-state index contributed by atoms with van der Waals surface area (Å²) in [6, 6.07) is 11.6. The smallest absolute Gasteiger partial charge is 0.231 e. The van der Waals surface area contributed by atoms with E-state index in [2.05, 4.69) is 27.3 Å². The Balaban J connectivity index is 1.12. The van der Waals surface area contributed by atoms with Crippen molar-refractivity contribution in [2.45, 2.75) is 13.0 Å². The number of carbonyl (C=O) groups is 2. The molecule has 0 aliphatic carbocycles. The van der Waals surface area contributed by atoms with Crippen LogP contribution in [0.5, 0.6) is 11.5 Å². The first-order chi connectivity index (χ1) is 16.6. The highest BCUT2D eigenvalue weighted by Crippen LogP contribution is 2.37. The van der Waals surface area contributed by atoms with E-state index in [4.69, 9.17) is 14.2 Å². The standard InChI is InChI=1S/C24H24N4O5S/c29-22-10-16(13-28(22)17-2-4-19-20(11-17)33-14-32-19)23(30)26-24-25-18-3-1-15(9-21(18)34-24)12-27-5-7-31-8-6-27/h1-4,9,11,16H,5-8,10,12-14H2,(H,25,26,30). The number of carbonyl (C=O) groups excluding carboxylic acids is 2. The average Bonchev–Trinajstić information content (AvgIpc) is 3.56. The molecule has 34 heavy (non-hydrogen) atoms. The van der Waals surface area contributed by atoms with Gasteiger partial charge in [0.15, 0.2) is 16.6 Å². The van der Waals surface area contributed by atoms with Gasteiger partial charge in [-0.2, -0.15) is 0 Å². The second-order valence-corrected chi connectivity index (χ2v) is 9.67. The van der Waals surface area contributed by atoms with E-state index in [1.165, 1.54) is 16.9 Å².